The molecule has 1 aromatic heterocycles. The van der Waals surface area contributed by atoms with Crippen molar-refractivity contribution in [3.8, 4) is 11.4 Å². The number of nitrogens with one attached hydrogen (secondary N) is 1. The second kappa shape index (κ2) is 8.68. The van der Waals surface area contributed by atoms with Crippen molar-refractivity contribution in [3.63, 3.8) is 0 Å². The van der Waals surface area contributed by atoms with E-state index in [9.17, 15) is 0 Å². The summed E-state index contributed by atoms with van der Waals surface area (Å²) in [6.45, 7) is 9.24. The van der Waals surface area contributed by atoms with Crippen molar-refractivity contribution in [1.82, 2.24) is 15.5 Å². The summed E-state index contributed by atoms with van der Waals surface area (Å²) in [6, 6.07) is 16.4. The van der Waals surface area contributed by atoms with Gasteiger partial charge < -0.3 is 9.84 Å². The normalized spacial score (nSPS) is 12.7. The van der Waals surface area contributed by atoms with Gasteiger partial charge in [-0.15, -0.1) is 0 Å². The van der Waals surface area contributed by atoms with E-state index in [1.54, 1.807) is 0 Å². The number of rotatable bonds is 7. The molecule has 142 valence electrons. The van der Waals surface area contributed by atoms with Crippen LogP contribution in [0.25, 0.3) is 11.4 Å². The van der Waals surface area contributed by atoms with Crippen molar-refractivity contribution < 1.29 is 4.52 Å². The number of nitrogens with zero attached hydrogens (tertiary/aromatic N) is 2. The maximum absolute atomic E-state index is 6.00. The highest BCUT2D eigenvalue weighted by Crippen LogP contribution is 2.24. The molecule has 0 saturated carbocycles. The molecule has 0 aliphatic rings. The Morgan fingerprint density at radius 2 is 1.56 bits per heavy atom. The van der Waals surface area contributed by atoms with E-state index in [-0.39, 0.29) is 6.04 Å². The molecule has 0 amide bonds. The van der Waals surface area contributed by atoms with Crippen LogP contribution in [0.2, 0.25) is 5.02 Å². The fourth-order valence-corrected chi connectivity index (χ4v) is 3.19. The molecule has 0 spiro atoms. The number of hydrogen-bond acceptors (Lipinski definition) is 4. The van der Waals surface area contributed by atoms with Crippen LogP contribution in [0.5, 0.6) is 0 Å². The van der Waals surface area contributed by atoms with Crippen LogP contribution in [0.3, 0.4) is 0 Å². The van der Waals surface area contributed by atoms with Gasteiger partial charge in [0.25, 0.3) is 0 Å². The van der Waals surface area contributed by atoms with Gasteiger partial charge in [-0.3, -0.25) is 0 Å². The molecular formula is C22H26ClN3O. The van der Waals surface area contributed by atoms with E-state index in [0.717, 1.165) is 10.6 Å². The number of hydrogen-bond donors (Lipinski definition) is 1. The van der Waals surface area contributed by atoms with Gasteiger partial charge in [0.1, 0.15) is 0 Å². The average molecular weight is 384 g/mol. The predicted octanol–water partition coefficient (Wildman–Crippen LogP) is 6.00. The lowest BCUT2D eigenvalue weighted by Gasteiger charge is -2.22. The summed E-state index contributed by atoms with van der Waals surface area (Å²) in [5, 5.41) is 8.39. The third kappa shape index (κ3) is 4.96. The SMILES string of the molecule is CC(C)c1ccc(-c2noc(CNC(c3ccc(Cl)cc3)C(C)C)n2)cc1. The Hall–Kier alpha value is -2.17. The van der Waals surface area contributed by atoms with Crippen molar-refractivity contribution in [1.29, 1.82) is 0 Å². The van der Waals surface area contributed by atoms with Crippen LogP contribution in [0.1, 0.15) is 56.7 Å². The molecule has 0 radical (unpaired) electrons. The Labute approximate surface area is 166 Å². The van der Waals surface area contributed by atoms with E-state index in [2.05, 4.69) is 67.4 Å². The lowest BCUT2D eigenvalue weighted by molar-refractivity contribution is 0.338. The topological polar surface area (TPSA) is 51.0 Å². The summed E-state index contributed by atoms with van der Waals surface area (Å²) in [7, 11) is 0. The van der Waals surface area contributed by atoms with E-state index in [1.807, 2.05) is 24.3 Å². The average Bonchev–Trinajstić information content (AvgIpc) is 3.12. The van der Waals surface area contributed by atoms with Crippen molar-refractivity contribution in [2.75, 3.05) is 0 Å². The van der Waals surface area contributed by atoms with Crippen molar-refractivity contribution in [2.45, 2.75) is 46.2 Å². The van der Waals surface area contributed by atoms with Crippen LogP contribution in [-0.4, -0.2) is 10.1 Å². The molecule has 0 aliphatic carbocycles. The standard InChI is InChI=1S/C22H26ClN3O/c1-14(2)16-5-7-18(8-6-16)22-25-20(27-26-22)13-24-21(15(3)4)17-9-11-19(23)12-10-17/h5-12,14-15,21,24H,13H2,1-4H3. The second-order valence-corrected chi connectivity index (χ2v) is 7.88. The summed E-state index contributed by atoms with van der Waals surface area (Å²) >= 11 is 6.00. The van der Waals surface area contributed by atoms with Gasteiger partial charge in [0.15, 0.2) is 0 Å². The molecule has 1 unspecified atom stereocenters. The summed E-state index contributed by atoms with van der Waals surface area (Å²) in [5.74, 6) is 2.12. The summed E-state index contributed by atoms with van der Waals surface area (Å²) in [5.41, 5.74) is 3.46. The van der Waals surface area contributed by atoms with E-state index < -0.39 is 0 Å². The molecular weight excluding hydrogens is 358 g/mol. The van der Waals surface area contributed by atoms with Crippen LogP contribution >= 0.6 is 11.6 Å². The Kier molecular flexibility index (Phi) is 6.30. The molecule has 1 atom stereocenters. The largest absolute Gasteiger partial charge is 0.338 e. The van der Waals surface area contributed by atoms with Crippen LogP contribution in [0, 0.1) is 5.92 Å². The molecule has 4 nitrogen and oxygen atoms in total. The first-order valence-electron chi connectivity index (χ1n) is 9.36. The number of benzene rings is 2. The molecule has 0 bridgehead atoms. The molecule has 0 fully saturated rings. The lowest BCUT2D eigenvalue weighted by atomic mass is 9.96. The Morgan fingerprint density at radius 3 is 2.15 bits per heavy atom. The van der Waals surface area contributed by atoms with Gasteiger partial charge in [0.05, 0.1) is 6.54 Å². The molecule has 1 heterocycles. The number of aromatic nitrogens is 2. The zero-order valence-corrected chi connectivity index (χ0v) is 17.0. The van der Waals surface area contributed by atoms with Gasteiger partial charge in [-0.25, -0.2) is 0 Å². The molecule has 3 aromatic rings. The van der Waals surface area contributed by atoms with Gasteiger partial charge in [-0.1, -0.05) is 80.9 Å². The van der Waals surface area contributed by atoms with Crippen molar-refractivity contribution in [2.24, 2.45) is 5.92 Å². The minimum atomic E-state index is 0.183. The van der Waals surface area contributed by atoms with Gasteiger partial charge >= 0.3 is 0 Å². The van der Waals surface area contributed by atoms with Gasteiger partial charge in [-0.2, -0.15) is 4.98 Å². The highest BCUT2D eigenvalue weighted by molar-refractivity contribution is 6.30. The first-order valence-corrected chi connectivity index (χ1v) is 9.73. The zero-order chi connectivity index (χ0) is 19.4. The predicted molar refractivity (Wildman–Crippen MR) is 110 cm³/mol. The van der Waals surface area contributed by atoms with Gasteiger partial charge in [0, 0.05) is 16.6 Å². The summed E-state index contributed by atoms with van der Waals surface area (Å²) in [6.07, 6.45) is 0. The molecule has 3 rings (SSSR count). The zero-order valence-electron chi connectivity index (χ0n) is 16.2. The third-order valence-corrected chi connectivity index (χ3v) is 4.92. The van der Waals surface area contributed by atoms with E-state index in [0.29, 0.717) is 30.1 Å². The molecule has 0 saturated heterocycles. The van der Waals surface area contributed by atoms with E-state index in [1.165, 1.54) is 11.1 Å². The lowest BCUT2D eigenvalue weighted by Crippen LogP contribution is -2.25. The van der Waals surface area contributed by atoms with E-state index >= 15 is 0 Å². The van der Waals surface area contributed by atoms with E-state index in [4.69, 9.17) is 16.1 Å². The molecule has 27 heavy (non-hydrogen) atoms. The van der Waals surface area contributed by atoms with Crippen LogP contribution < -0.4 is 5.32 Å². The molecule has 5 heteroatoms. The van der Waals surface area contributed by atoms with Gasteiger partial charge in [0.2, 0.25) is 11.7 Å². The van der Waals surface area contributed by atoms with Crippen LogP contribution in [0.4, 0.5) is 0 Å². The Balaban J connectivity index is 1.68. The fraction of sp³-hybridized carbons (Fsp3) is 0.364. The van der Waals surface area contributed by atoms with Crippen LogP contribution in [-0.2, 0) is 6.54 Å². The minimum absolute atomic E-state index is 0.183. The quantitative estimate of drug-likeness (QED) is 0.543. The summed E-state index contributed by atoms with van der Waals surface area (Å²) < 4.78 is 5.44. The first-order chi connectivity index (χ1) is 12.9. The minimum Gasteiger partial charge on any atom is -0.338 e. The maximum atomic E-state index is 6.00. The van der Waals surface area contributed by atoms with Crippen LogP contribution in [0.15, 0.2) is 53.1 Å². The highest BCUT2D eigenvalue weighted by Gasteiger charge is 2.17. The highest BCUT2D eigenvalue weighted by atomic mass is 35.5. The summed E-state index contributed by atoms with van der Waals surface area (Å²) in [4.78, 5) is 4.53. The second-order valence-electron chi connectivity index (χ2n) is 7.44. The Morgan fingerprint density at radius 1 is 0.926 bits per heavy atom. The molecule has 2 aromatic carbocycles. The fourth-order valence-electron chi connectivity index (χ4n) is 3.07. The number of halogens is 1. The maximum Gasteiger partial charge on any atom is 0.240 e. The van der Waals surface area contributed by atoms with Crippen molar-refractivity contribution >= 4 is 11.6 Å². The van der Waals surface area contributed by atoms with Gasteiger partial charge in [-0.05, 0) is 35.1 Å². The van der Waals surface area contributed by atoms with Crippen molar-refractivity contribution in [3.05, 3.63) is 70.6 Å². The Bertz CT molecular complexity index is 854. The third-order valence-electron chi connectivity index (χ3n) is 4.67. The first kappa shape index (κ1) is 19.6. The molecule has 1 N–H and O–H groups in total. The monoisotopic (exact) mass is 383 g/mol. The smallest absolute Gasteiger partial charge is 0.240 e. The molecule has 0 aliphatic heterocycles.